The summed E-state index contributed by atoms with van der Waals surface area (Å²) < 4.78 is 0. The van der Waals surface area contributed by atoms with E-state index in [-0.39, 0.29) is 27.3 Å². The molecular weight excluding hydrogens is 759 g/mol. The van der Waals surface area contributed by atoms with E-state index in [9.17, 15) is 53.4 Å². The molecule has 0 fully saturated rings. The topological polar surface area (TPSA) is 402 Å². The number of carbonyl (C=O) groups excluding carboxylic acids is 2. The molecule has 0 unspecified atom stereocenters. The van der Waals surface area contributed by atoms with Crippen molar-refractivity contribution >= 4 is 81.0 Å². The van der Waals surface area contributed by atoms with Crippen LogP contribution in [-0.4, -0.2) is 149 Å². The van der Waals surface area contributed by atoms with Crippen LogP contribution in [0.3, 0.4) is 0 Å². The molecule has 0 saturated heterocycles. The minimum Gasteiger partial charge on any atom is -0.550 e. The summed E-state index contributed by atoms with van der Waals surface area (Å²) in [5.74, 6) is -15.7. The van der Waals surface area contributed by atoms with Crippen molar-refractivity contribution in [3.8, 4) is 0 Å². The van der Waals surface area contributed by atoms with Crippen LogP contribution in [0, 0.1) is 0 Å². The van der Waals surface area contributed by atoms with E-state index < -0.39 is 109 Å². The zero-order chi connectivity index (χ0) is 31.9. The van der Waals surface area contributed by atoms with Crippen LogP contribution in [-0.2, 0) is 43.2 Å². The number of hydrogen-bond acceptors (Lipinski definition) is 14. The van der Waals surface area contributed by atoms with Crippen molar-refractivity contribution in [2.75, 3.05) is 0 Å². The fourth-order valence-electron chi connectivity index (χ4n) is 2.12. The van der Waals surface area contributed by atoms with E-state index in [2.05, 4.69) is 0 Å². The Bertz CT molecular complexity index is 812. The molecule has 0 aliphatic heterocycles. The van der Waals surface area contributed by atoms with Crippen molar-refractivity contribution in [1.82, 2.24) is 0 Å². The molecule has 21 nitrogen and oxygen atoms in total. The standard InChI is InChI=1S/3C6H8O7.Pb/c3*7-3(8)1-6(13,5(11)12)2-4(9)10;/h3*13H,1-2H2,(H,7,8)(H,9,10)(H,11,12);/q;;;+2/p-2. The van der Waals surface area contributed by atoms with E-state index in [4.69, 9.17) is 51.1 Å². The van der Waals surface area contributed by atoms with Gasteiger partial charge in [0.15, 0.2) is 16.8 Å². The molecule has 0 amide bonds. The van der Waals surface area contributed by atoms with E-state index in [0.717, 1.165) is 0 Å². The largest absolute Gasteiger partial charge is 2.00 e. The van der Waals surface area contributed by atoms with Crippen LogP contribution in [0.4, 0.5) is 0 Å². The molecule has 0 atom stereocenters. The van der Waals surface area contributed by atoms with Gasteiger partial charge in [-0.3, -0.25) is 19.2 Å². The Morgan fingerprint density at radius 1 is 0.400 bits per heavy atom. The third-order valence-corrected chi connectivity index (χ3v) is 3.84. The van der Waals surface area contributed by atoms with E-state index in [0.29, 0.717) is 0 Å². The van der Waals surface area contributed by atoms with Crippen LogP contribution in [0.2, 0.25) is 0 Å². The van der Waals surface area contributed by atoms with Gasteiger partial charge in [-0.2, -0.15) is 0 Å². The molecule has 0 aromatic rings. The summed E-state index contributed by atoms with van der Waals surface area (Å²) in [4.78, 5) is 91.1. The number of carboxylic acid groups (broad SMARTS) is 9. The van der Waals surface area contributed by atoms with E-state index >= 15 is 0 Å². The molecule has 10 N–H and O–H groups in total. The van der Waals surface area contributed by atoms with Gasteiger partial charge in [0.25, 0.3) is 0 Å². The third kappa shape index (κ3) is 19.2. The van der Waals surface area contributed by atoms with Gasteiger partial charge in [0.1, 0.15) is 0 Å². The molecule has 224 valence electrons. The molecule has 0 heterocycles. The Kier molecular flexibility index (Phi) is 19.8. The Hall–Kier alpha value is -3.97. The minimum absolute atomic E-state index is 0. The molecule has 40 heavy (non-hydrogen) atoms. The second-order valence-corrected chi connectivity index (χ2v) is 7.39. The van der Waals surface area contributed by atoms with Gasteiger partial charge >= 0.3 is 69.1 Å². The Morgan fingerprint density at radius 2 is 0.550 bits per heavy atom. The van der Waals surface area contributed by atoms with Crippen LogP contribution in [0.1, 0.15) is 38.5 Å². The van der Waals surface area contributed by atoms with Crippen molar-refractivity contribution in [1.29, 1.82) is 0 Å². The smallest absolute Gasteiger partial charge is 0.550 e. The maximum Gasteiger partial charge on any atom is 2.00 e. The maximum absolute atomic E-state index is 10.3. The Labute approximate surface area is 240 Å². The first-order valence-electron chi connectivity index (χ1n) is 9.47. The number of rotatable bonds is 15. The predicted octanol–water partition coefficient (Wildman–Crippen LogP) is -6.80. The van der Waals surface area contributed by atoms with Gasteiger partial charge in [0.05, 0.1) is 25.7 Å². The van der Waals surface area contributed by atoms with Crippen molar-refractivity contribution < 1.29 is 104 Å². The molecule has 0 aromatic heterocycles. The molecule has 0 aromatic carbocycles. The zero-order valence-electron chi connectivity index (χ0n) is 19.7. The molecule has 0 bridgehead atoms. The molecule has 0 aliphatic rings. The normalized spacial score (nSPS) is 10.6. The third-order valence-electron chi connectivity index (χ3n) is 3.84. The molecule has 0 aliphatic carbocycles. The molecule has 0 saturated carbocycles. The summed E-state index contributed by atoms with van der Waals surface area (Å²) in [6, 6.07) is 0. The summed E-state index contributed by atoms with van der Waals surface area (Å²) in [6.45, 7) is 0. The molecule has 22 heteroatoms. The molecule has 0 spiro atoms. The van der Waals surface area contributed by atoms with Gasteiger partial charge < -0.3 is 70.9 Å². The van der Waals surface area contributed by atoms with Crippen LogP contribution in [0.25, 0.3) is 0 Å². The minimum atomic E-state index is -2.86. The number of carbonyl (C=O) groups is 9. The van der Waals surface area contributed by atoms with Gasteiger partial charge in [0.2, 0.25) is 0 Å². The van der Waals surface area contributed by atoms with Gasteiger partial charge in [-0.25, -0.2) is 14.4 Å². The monoisotopic (exact) mass is 782 g/mol. The average molecular weight is 782 g/mol. The van der Waals surface area contributed by atoms with Crippen LogP contribution < -0.4 is 10.2 Å². The van der Waals surface area contributed by atoms with Gasteiger partial charge in [-0.1, -0.05) is 0 Å². The van der Waals surface area contributed by atoms with Crippen LogP contribution in [0.15, 0.2) is 0 Å². The summed E-state index contributed by atoms with van der Waals surface area (Å²) in [5, 5.41) is 105. The fourth-order valence-corrected chi connectivity index (χ4v) is 2.12. The van der Waals surface area contributed by atoms with E-state index in [1.165, 1.54) is 0 Å². The van der Waals surface area contributed by atoms with Gasteiger partial charge in [-0.15, -0.1) is 0 Å². The summed E-state index contributed by atoms with van der Waals surface area (Å²) in [6.07, 6.45) is -7.17. The number of hydrogen-bond donors (Lipinski definition) is 10. The van der Waals surface area contributed by atoms with E-state index in [1.807, 2.05) is 0 Å². The predicted molar refractivity (Wildman–Crippen MR) is 112 cm³/mol. The van der Waals surface area contributed by atoms with E-state index in [1.54, 1.807) is 0 Å². The summed E-state index contributed by atoms with van der Waals surface area (Å²) in [7, 11) is 0. The first kappa shape index (κ1) is 43.1. The molecular formula is C18H22O21Pb. The summed E-state index contributed by atoms with van der Waals surface area (Å²) in [5.41, 5.74) is -8.34. The van der Waals surface area contributed by atoms with Crippen LogP contribution >= 0.6 is 0 Å². The molecule has 2 radical (unpaired) electrons. The molecule has 0 rings (SSSR count). The van der Waals surface area contributed by atoms with Crippen molar-refractivity contribution in [3.63, 3.8) is 0 Å². The van der Waals surface area contributed by atoms with Gasteiger partial charge in [-0.05, 0) is 0 Å². The Balaban J connectivity index is -0.000000240. The SMILES string of the molecule is O=C(O)CC(O)(CC(=O)O)C(=O)O.O=C(O)CC(O)(CC(=O)O)C(=O)O.O=C([O-])CC(O)(CC(=O)[O-])C(=O)O.[Pb+2]. The first-order valence-corrected chi connectivity index (χ1v) is 9.47. The van der Waals surface area contributed by atoms with Crippen molar-refractivity contribution in [3.05, 3.63) is 0 Å². The van der Waals surface area contributed by atoms with Crippen molar-refractivity contribution in [2.24, 2.45) is 0 Å². The maximum atomic E-state index is 10.3. The van der Waals surface area contributed by atoms with Gasteiger partial charge in [0, 0.05) is 24.8 Å². The van der Waals surface area contributed by atoms with Crippen LogP contribution in [0.5, 0.6) is 0 Å². The first-order chi connectivity index (χ1) is 17.3. The Morgan fingerprint density at radius 3 is 0.650 bits per heavy atom. The second kappa shape index (κ2) is 18.3. The fraction of sp³-hybridized carbons (Fsp3) is 0.500. The number of carboxylic acids is 9. The quantitative estimate of drug-likeness (QED) is 0.0690. The second-order valence-electron chi connectivity index (χ2n) is 7.39. The zero-order valence-corrected chi connectivity index (χ0v) is 23.6. The summed E-state index contributed by atoms with van der Waals surface area (Å²) >= 11 is 0. The number of aliphatic carboxylic acids is 9. The van der Waals surface area contributed by atoms with Crippen molar-refractivity contribution in [2.45, 2.75) is 55.3 Å². The average Bonchev–Trinajstić information content (AvgIpc) is 2.64. The number of aliphatic hydroxyl groups is 3.